The summed E-state index contributed by atoms with van der Waals surface area (Å²) in [6, 6.07) is 0. The van der Waals surface area contributed by atoms with Gasteiger partial charge in [-0.3, -0.25) is 14.2 Å². The number of nitrogens with zero attached hydrogens (tertiary/aromatic N) is 1. The van der Waals surface area contributed by atoms with Crippen molar-refractivity contribution in [1.29, 1.82) is 0 Å². The van der Waals surface area contributed by atoms with Crippen LogP contribution < -0.4 is 4.89 Å². The maximum absolute atomic E-state index is 12.8. The van der Waals surface area contributed by atoms with E-state index in [0.29, 0.717) is 17.4 Å². The summed E-state index contributed by atoms with van der Waals surface area (Å²) in [6.07, 6.45) is 75.6. The lowest BCUT2D eigenvalue weighted by molar-refractivity contribution is -0.870. The molecule has 10 heteroatoms. The number of carbonyl (C=O) groups excluding carboxylic acids is 2. The molecule has 0 aliphatic rings. The summed E-state index contributed by atoms with van der Waals surface area (Å²) < 4.78 is 34.1. The van der Waals surface area contributed by atoms with E-state index in [9.17, 15) is 19.0 Å². The molecule has 0 bridgehead atoms. The van der Waals surface area contributed by atoms with Gasteiger partial charge in [0.2, 0.25) is 0 Å². The summed E-state index contributed by atoms with van der Waals surface area (Å²) in [5.74, 6) is -0.877. The molecule has 74 heavy (non-hydrogen) atoms. The smallest absolute Gasteiger partial charge is 0.306 e. The van der Waals surface area contributed by atoms with E-state index in [1.807, 2.05) is 21.1 Å². The Bertz CT molecular complexity index is 1620. The Morgan fingerprint density at radius 2 is 0.770 bits per heavy atom. The highest BCUT2D eigenvalue weighted by atomic mass is 31.2. The monoisotopic (exact) mass is 1050 g/mol. The van der Waals surface area contributed by atoms with Gasteiger partial charge in [-0.15, -0.1) is 0 Å². The fourth-order valence-electron chi connectivity index (χ4n) is 7.72. The second-order valence-corrected chi connectivity index (χ2v) is 22.0. The van der Waals surface area contributed by atoms with Crippen LogP contribution in [0.5, 0.6) is 0 Å². The number of carbonyl (C=O) groups is 2. The van der Waals surface area contributed by atoms with Gasteiger partial charge in [-0.2, -0.15) is 0 Å². The number of unbranched alkanes of at least 4 members (excludes halogenated alkanes) is 21. The highest BCUT2D eigenvalue weighted by Crippen LogP contribution is 2.38. The summed E-state index contributed by atoms with van der Waals surface area (Å²) in [7, 11) is 1.13. The minimum atomic E-state index is -4.65. The second kappa shape index (κ2) is 54.5. The zero-order valence-corrected chi connectivity index (χ0v) is 48.9. The van der Waals surface area contributed by atoms with Crippen molar-refractivity contribution >= 4 is 19.8 Å². The lowest BCUT2D eigenvalue weighted by Gasteiger charge is -2.28. The first-order chi connectivity index (χ1) is 36.0. The summed E-state index contributed by atoms with van der Waals surface area (Å²) in [4.78, 5) is 37.9. The third-order valence-electron chi connectivity index (χ3n) is 12.3. The summed E-state index contributed by atoms with van der Waals surface area (Å²) in [5.41, 5.74) is 0. The molecular formula is C64H110NO8P. The number of allylic oxidation sites excluding steroid dienone is 18. The number of hydrogen-bond donors (Lipinski definition) is 0. The number of esters is 2. The van der Waals surface area contributed by atoms with Gasteiger partial charge < -0.3 is 27.9 Å². The van der Waals surface area contributed by atoms with Gasteiger partial charge in [-0.25, -0.2) is 0 Å². The van der Waals surface area contributed by atoms with Crippen molar-refractivity contribution in [3.05, 3.63) is 109 Å². The van der Waals surface area contributed by atoms with Crippen LogP contribution >= 0.6 is 7.82 Å². The fourth-order valence-corrected chi connectivity index (χ4v) is 8.45. The predicted molar refractivity (Wildman–Crippen MR) is 314 cm³/mol. The number of hydrogen-bond acceptors (Lipinski definition) is 8. The van der Waals surface area contributed by atoms with Gasteiger partial charge in [0, 0.05) is 12.8 Å². The Labute approximate surface area is 455 Å². The van der Waals surface area contributed by atoms with Gasteiger partial charge in [0.25, 0.3) is 7.82 Å². The lowest BCUT2D eigenvalue weighted by atomic mass is 10.0. The maximum Gasteiger partial charge on any atom is 0.306 e. The molecule has 0 aromatic heterocycles. The molecule has 0 fully saturated rings. The molecule has 0 saturated carbocycles. The van der Waals surface area contributed by atoms with Gasteiger partial charge in [-0.05, 0) is 103 Å². The fraction of sp³-hybridized carbons (Fsp3) is 0.688. The molecule has 0 aliphatic carbocycles. The van der Waals surface area contributed by atoms with Crippen LogP contribution in [0, 0.1) is 0 Å². The Morgan fingerprint density at radius 3 is 1.16 bits per heavy atom. The van der Waals surface area contributed by atoms with Crippen molar-refractivity contribution in [3.8, 4) is 0 Å². The number of quaternary nitrogens is 1. The first kappa shape index (κ1) is 70.7. The summed E-state index contributed by atoms with van der Waals surface area (Å²) in [5, 5.41) is 0. The molecule has 0 aliphatic heterocycles. The quantitative estimate of drug-likeness (QED) is 0.0195. The molecule has 0 rings (SSSR count). The summed E-state index contributed by atoms with van der Waals surface area (Å²) in [6.45, 7) is 4.07. The Morgan fingerprint density at radius 1 is 0.432 bits per heavy atom. The molecule has 2 unspecified atom stereocenters. The Balaban J connectivity index is 4.25. The van der Waals surface area contributed by atoms with Gasteiger partial charge in [0.1, 0.15) is 19.8 Å². The zero-order valence-electron chi connectivity index (χ0n) is 48.0. The van der Waals surface area contributed by atoms with Gasteiger partial charge >= 0.3 is 11.9 Å². The van der Waals surface area contributed by atoms with E-state index in [-0.39, 0.29) is 26.1 Å². The van der Waals surface area contributed by atoms with Crippen molar-refractivity contribution in [2.24, 2.45) is 0 Å². The summed E-state index contributed by atoms with van der Waals surface area (Å²) >= 11 is 0. The van der Waals surface area contributed by atoms with Crippen LogP contribution in [0.25, 0.3) is 0 Å². The largest absolute Gasteiger partial charge is 0.756 e. The zero-order chi connectivity index (χ0) is 54.2. The van der Waals surface area contributed by atoms with Crippen molar-refractivity contribution in [2.45, 2.75) is 238 Å². The molecule has 9 nitrogen and oxygen atoms in total. The molecule has 0 aromatic rings. The molecule has 0 saturated heterocycles. The molecule has 0 radical (unpaired) electrons. The predicted octanol–water partition coefficient (Wildman–Crippen LogP) is 18.0. The van der Waals surface area contributed by atoms with E-state index >= 15 is 0 Å². The van der Waals surface area contributed by atoms with Crippen LogP contribution in [-0.2, 0) is 32.7 Å². The van der Waals surface area contributed by atoms with E-state index in [1.165, 1.54) is 109 Å². The number of phosphoric ester groups is 1. The third kappa shape index (κ3) is 57.9. The van der Waals surface area contributed by atoms with Crippen LogP contribution in [0.3, 0.4) is 0 Å². The van der Waals surface area contributed by atoms with Crippen LogP contribution in [0.15, 0.2) is 109 Å². The van der Waals surface area contributed by atoms with E-state index in [4.69, 9.17) is 18.5 Å². The van der Waals surface area contributed by atoms with Crippen molar-refractivity contribution in [3.63, 3.8) is 0 Å². The first-order valence-corrected chi connectivity index (χ1v) is 31.1. The number of phosphoric acid groups is 1. The second-order valence-electron chi connectivity index (χ2n) is 20.6. The normalized spacial score (nSPS) is 14.1. The Hall–Kier alpha value is -3.33. The molecule has 424 valence electrons. The highest BCUT2D eigenvalue weighted by Gasteiger charge is 2.21. The number of ether oxygens (including phenoxy) is 2. The van der Waals surface area contributed by atoms with E-state index in [2.05, 4.69) is 123 Å². The average molecular weight is 1050 g/mol. The standard InChI is InChI=1S/C64H110NO8P/c1-6-8-10-12-14-16-18-20-22-24-26-28-30-32-34-36-38-40-42-44-46-48-50-52-54-56-63(66)70-60-62(61-72-74(68,69)71-59-58-65(3,4)5)73-64(67)57-55-53-51-49-47-45-43-41-39-37-35-33-31-29-27-25-23-21-19-17-15-13-11-9-7-2/h9,11,15,17-18,20-21,23-24,26-27,29,33,35,39,41,45,47,62H,6-8,10,12-14,16,19,22,25,28,30-32,34,36-38,40,42-44,46,48-61H2,1-5H3/b11-9-,17-15-,20-18-,23-21-,26-24-,29-27-,35-33-,41-39-,47-45-. The van der Waals surface area contributed by atoms with Gasteiger partial charge in [0.15, 0.2) is 6.10 Å². The number of rotatable bonds is 53. The van der Waals surface area contributed by atoms with E-state index < -0.39 is 32.5 Å². The molecule has 0 aromatic carbocycles. The molecule has 0 N–H and O–H groups in total. The molecule has 2 atom stereocenters. The average Bonchev–Trinajstić information content (AvgIpc) is 3.36. The topological polar surface area (TPSA) is 111 Å². The number of likely N-dealkylation sites (N-methyl/N-ethyl adjacent to an activating group) is 1. The van der Waals surface area contributed by atoms with E-state index in [0.717, 1.165) is 89.9 Å². The van der Waals surface area contributed by atoms with Gasteiger partial charge in [-0.1, -0.05) is 226 Å². The van der Waals surface area contributed by atoms with Crippen molar-refractivity contribution in [2.75, 3.05) is 47.5 Å². The van der Waals surface area contributed by atoms with Gasteiger partial charge in [0.05, 0.1) is 27.7 Å². The molecular weight excluding hydrogens is 942 g/mol. The minimum absolute atomic E-state index is 0.0434. The lowest BCUT2D eigenvalue weighted by Crippen LogP contribution is -2.37. The van der Waals surface area contributed by atoms with E-state index in [1.54, 1.807) is 0 Å². The van der Waals surface area contributed by atoms with Crippen LogP contribution in [0.4, 0.5) is 0 Å². The van der Waals surface area contributed by atoms with Crippen molar-refractivity contribution in [1.82, 2.24) is 0 Å². The minimum Gasteiger partial charge on any atom is -0.756 e. The molecule has 0 spiro atoms. The van der Waals surface area contributed by atoms with Crippen LogP contribution in [0.2, 0.25) is 0 Å². The van der Waals surface area contributed by atoms with Crippen LogP contribution in [0.1, 0.15) is 232 Å². The maximum atomic E-state index is 12.8. The third-order valence-corrected chi connectivity index (χ3v) is 13.2. The Kier molecular flexibility index (Phi) is 52.0. The first-order valence-electron chi connectivity index (χ1n) is 29.6. The highest BCUT2D eigenvalue weighted by molar-refractivity contribution is 7.45. The molecule has 0 heterocycles. The van der Waals surface area contributed by atoms with Crippen molar-refractivity contribution < 1.29 is 42.1 Å². The SMILES string of the molecule is CC/C=C\C/C=C\C/C=C\C/C=C\C/C=C\C/C=C\C/C=C\CCCCCC(=O)OC(COC(=O)CCCCCCCCCCCCCCC/C=C\C/C=C\CCCCCCC)COP(=O)([O-])OCC[N+](C)(C)C. The molecule has 0 amide bonds. The van der Waals surface area contributed by atoms with Crippen LogP contribution in [-0.4, -0.2) is 70.0 Å².